The molecule has 0 spiro atoms. The number of halogens is 12. The Bertz CT molecular complexity index is 1600. The van der Waals surface area contributed by atoms with E-state index in [2.05, 4.69) is 27.7 Å². The molecule has 3 saturated heterocycles. The third-order valence-electron chi connectivity index (χ3n) is 11.2. The van der Waals surface area contributed by atoms with Gasteiger partial charge in [0.1, 0.15) is 5.41 Å². The zero-order valence-corrected chi connectivity index (χ0v) is 38.4. The first kappa shape index (κ1) is 58.8. The van der Waals surface area contributed by atoms with Crippen molar-refractivity contribution >= 4 is 40.1 Å². The van der Waals surface area contributed by atoms with Gasteiger partial charge >= 0.3 is 22.0 Å². The largest absolute Gasteiger partial charge is 0.480 e. The topological polar surface area (TPSA) is 165 Å². The summed E-state index contributed by atoms with van der Waals surface area (Å²) >= 11 is 0. The summed E-state index contributed by atoms with van der Waals surface area (Å²) in [6.07, 6.45) is 17.3. The zero-order chi connectivity index (χ0) is 48.4. The Labute approximate surface area is 357 Å². The molecule has 3 rings (SSSR count). The maximum atomic E-state index is 11.4. The molecule has 0 N–H and O–H groups in total. The number of nitrogens with zero attached hydrogens (tertiary/aromatic N) is 5. The second kappa shape index (κ2) is 22.0. The van der Waals surface area contributed by atoms with Crippen LogP contribution in [0.3, 0.4) is 0 Å². The van der Waals surface area contributed by atoms with E-state index in [-0.39, 0.29) is 0 Å². The molecular formula is C33H60F12N5O8S4+. The van der Waals surface area contributed by atoms with Crippen LogP contribution < -0.4 is 0 Å². The van der Waals surface area contributed by atoms with E-state index in [1.807, 2.05) is 0 Å². The van der Waals surface area contributed by atoms with Crippen LogP contribution in [0.5, 0.6) is 0 Å². The maximum Gasteiger partial charge on any atom is 0.480 e. The molecule has 3 aliphatic heterocycles. The van der Waals surface area contributed by atoms with E-state index in [1.54, 1.807) is 0 Å². The minimum Gasteiger partial charge on any atom is -0.421 e. The van der Waals surface area contributed by atoms with Crippen LogP contribution in [0.1, 0.15) is 105 Å². The number of rotatable bonds is 19. The van der Waals surface area contributed by atoms with Crippen LogP contribution in [-0.2, 0) is 40.1 Å². The number of quaternary nitrogens is 3. The second-order valence-corrected chi connectivity index (χ2v) is 23.7. The van der Waals surface area contributed by atoms with E-state index in [4.69, 9.17) is 0 Å². The second-order valence-electron chi connectivity index (χ2n) is 16.8. The summed E-state index contributed by atoms with van der Waals surface area (Å²) in [4.78, 5) is 0. The van der Waals surface area contributed by atoms with Gasteiger partial charge in [0.15, 0.2) is 40.1 Å². The normalized spacial score (nSPS) is 20.0. The van der Waals surface area contributed by atoms with Crippen molar-refractivity contribution in [3.63, 3.8) is 0 Å². The molecule has 372 valence electrons. The third-order valence-corrected chi connectivity index (χ3v) is 16.7. The Morgan fingerprint density at radius 2 is 0.565 bits per heavy atom. The third kappa shape index (κ3) is 17.2. The monoisotopic (exact) mass is 1010 g/mol. The van der Waals surface area contributed by atoms with Gasteiger partial charge in [-0.15, -0.1) is 0 Å². The van der Waals surface area contributed by atoms with Crippen molar-refractivity contribution in [1.29, 1.82) is 0 Å². The Hall–Kier alpha value is -1.24. The van der Waals surface area contributed by atoms with Crippen molar-refractivity contribution in [2.45, 2.75) is 127 Å². The summed E-state index contributed by atoms with van der Waals surface area (Å²) in [7, 11) is -26.9. The fourth-order valence-corrected chi connectivity index (χ4v) is 12.3. The van der Waals surface area contributed by atoms with Crippen LogP contribution >= 0.6 is 0 Å². The molecule has 0 aromatic heterocycles. The molecule has 0 radical (unpaired) electrons. The van der Waals surface area contributed by atoms with E-state index >= 15 is 0 Å². The average Bonchev–Trinajstić information content (AvgIpc) is 3.86. The lowest BCUT2D eigenvalue weighted by molar-refractivity contribution is -0.967. The summed E-state index contributed by atoms with van der Waals surface area (Å²) in [5, 5.41) is 0. The highest BCUT2D eigenvalue weighted by Gasteiger charge is 2.52. The summed E-state index contributed by atoms with van der Waals surface area (Å²) in [6, 6.07) is 0. The van der Waals surface area contributed by atoms with Crippen LogP contribution in [0.4, 0.5) is 52.7 Å². The predicted octanol–water partition coefficient (Wildman–Crippen LogP) is 8.34. The van der Waals surface area contributed by atoms with Crippen LogP contribution in [0.25, 0.3) is 8.25 Å². The van der Waals surface area contributed by atoms with E-state index in [9.17, 15) is 86.4 Å². The van der Waals surface area contributed by atoms with Gasteiger partial charge in [-0.1, -0.05) is 40.0 Å². The molecule has 0 saturated carbocycles. The van der Waals surface area contributed by atoms with Crippen molar-refractivity contribution in [2.24, 2.45) is 5.41 Å². The van der Waals surface area contributed by atoms with Crippen LogP contribution in [-0.4, -0.2) is 148 Å². The number of unbranched alkanes of at least 4 members (excludes halogenated alkanes) is 3. The first-order valence-corrected chi connectivity index (χ1v) is 25.9. The fourth-order valence-electron chi connectivity index (χ4n) is 8.89. The van der Waals surface area contributed by atoms with Gasteiger partial charge in [-0.05, 0) is 26.2 Å². The molecule has 0 aromatic carbocycles. The van der Waals surface area contributed by atoms with Gasteiger partial charge < -0.3 is 21.7 Å². The Morgan fingerprint density at radius 1 is 0.387 bits per heavy atom. The van der Waals surface area contributed by atoms with Gasteiger partial charge in [-0.3, -0.25) is 0 Å². The molecule has 0 amide bonds. The van der Waals surface area contributed by atoms with Gasteiger partial charge in [-0.25, -0.2) is 33.7 Å². The summed E-state index contributed by atoms with van der Waals surface area (Å²) < 4.78 is 223. The van der Waals surface area contributed by atoms with E-state index in [0.717, 1.165) is 8.25 Å². The number of hydrogen-bond acceptors (Lipinski definition) is 8. The maximum absolute atomic E-state index is 11.4. The van der Waals surface area contributed by atoms with Crippen molar-refractivity contribution in [2.75, 3.05) is 78.5 Å². The molecule has 29 heteroatoms. The minimum atomic E-state index is -6.72. The lowest BCUT2D eigenvalue weighted by Crippen LogP contribution is -2.64. The predicted molar refractivity (Wildman–Crippen MR) is 206 cm³/mol. The lowest BCUT2D eigenvalue weighted by atomic mass is 9.84. The van der Waals surface area contributed by atoms with Gasteiger partial charge in [0.05, 0.1) is 78.5 Å². The molecule has 3 heterocycles. The molecule has 13 nitrogen and oxygen atoms in total. The highest BCUT2D eigenvalue weighted by Crippen LogP contribution is 2.40. The first-order valence-electron chi connectivity index (χ1n) is 20.1. The Kier molecular flexibility index (Phi) is 20.9. The van der Waals surface area contributed by atoms with Gasteiger partial charge in [0.25, 0.3) is 0 Å². The molecule has 0 unspecified atom stereocenters. The van der Waals surface area contributed by atoms with Crippen molar-refractivity contribution in [3.8, 4) is 0 Å². The molecule has 0 atom stereocenters. The summed E-state index contributed by atoms with van der Waals surface area (Å²) in [5.74, 6) is 0. The summed E-state index contributed by atoms with van der Waals surface area (Å²) in [6.45, 7) is 27.6. The molecule has 62 heavy (non-hydrogen) atoms. The number of hydrogen-bond donors (Lipinski definition) is 0. The molecular weight excluding hydrogens is 951 g/mol. The smallest absolute Gasteiger partial charge is 0.421 e. The van der Waals surface area contributed by atoms with Gasteiger partial charge in [-0.2, -0.15) is 52.7 Å². The van der Waals surface area contributed by atoms with Gasteiger partial charge in [0, 0.05) is 38.5 Å². The zero-order valence-electron chi connectivity index (χ0n) is 35.1. The molecule has 3 aliphatic rings. The minimum absolute atomic E-state index is 0.494. The molecule has 0 bridgehead atoms. The average molecular weight is 1010 g/mol. The van der Waals surface area contributed by atoms with Crippen LogP contribution in [0.2, 0.25) is 0 Å². The van der Waals surface area contributed by atoms with Gasteiger partial charge in [0.2, 0.25) is 0 Å². The highest BCUT2D eigenvalue weighted by atomic mass is 32.3. The summed E-state index contributed by atoms with van der Waals surface area (Å²) in [5.41, 5.74) is -24.3. The number of alkyl halides is 12. The SMILES string of the molecule is CCCC[N+]1(CC(C)(C[N+]2(CCCC)CCCC2)C[N+]2(CCCC)CCCC2)CCCC1.O=S(=O)([N-]S(=O)(=O)C(F)(F)F)C(F)(F)F.O=S(=O)([N-]S(=O)(=O)C(F)(F)F)C(F)(F)F. The van der Waals surface area contributed by atoms with E-state index in [1.165, 1.54) is 169 Å². The Balaban J connectivity index is 0.000000536. The highest BCUT2D eigenvalue weighted by molar-refractivity contribution is 8.13. The quantitative estimate of drug-likeness (QED) is 0.0921. The molecule has 3 fully saturated rings. The Morgan fingerprint density at radius 3 is 0.710 bits per heavy atom. The van der Waals surface area contributed by atoms with Crippen molar-refractivity contribution in [3.05, 3.63) is 8.25 Å². The van der Waals surface area contributed by atoms with Crippen molar-refractivity contribution in [1.82, 2.24) is 0 Å². The van der Waals surface area contributed by atoms with Crippen molar-refractivity contribution < 1.29 is 99.8 Å². The fraction of sp³-hybridized carbons (Fsp3) is 1.00. The number of sulfonamides is 4. The first-order chi connectivity index (χ1) is 27.8. The molecule has 0 aliphatic carbocycles. The lowest BCUT2D eigenvalue weighted by Gasteiger charge is -2.49. The number of likely N-dealkylation sites (tertiary alicyclic amines) is 3. The van der Waals surface area contributed by atoms with Crippen LogP contribution in [0, 0.1) is 5.41 Å². The van der Waals surface area contributed by atoms with E-state index in [0.29, 0.717) is 5.41 Å². The van der Waals surface area contributed by atoms with E-state index < -0.39 is 62.1 Å². The molecule has 0 aromatic rings. The van der Waals surface area contributed by atoms with Crippen LogP contribution in [0.15, 0.2) is 0 Å². The standard InChI is InChI=1S/C29H60N3.2C2F6NO4S2/c1-5-8-17-30(20-11-12-21-30)26-29(4,27-31(18-9-6-2)22-13-14-23-31)28-32(19-10-7-3)24-15-16-25-32;2*3-1(4,5)14(10,11)9-15(12,13)2(6,7)8/h5-28H2,1-4H3;;/q+3;2*-1.